The van der Waals surface area contributed by atoms with E-state index in [0.717, 1.165) is 11.1 Å². The average Bonchev–Trinajstić information content (AvgIpc) is 3.36. The van der Waals surface area contributed by atoms with Crippen LogP contribution in [0.5, 0.6) is 57.5 Å². The van der Waals surface area contributed by atoms with Gasteiger partial charge in [0.05, 0.1) is 68.0 Å². The number of sulfone groups is 1. The van der Waals surface area contributed by atoms with Crippen molar-refractivity contribution in [1.29, 1.82) is 0 Å². The predicted molar refractivity (Wildman–Crippen MR) is 269 cm³/mol. The molecular weight excluding hydrogens is 977 g/mol. The minimum absolute atomic E-state index is 0.0209. The molecular formula is C52H54O16S3. The summed E-state index contributed by atoms with van der Waals surface area (Å²) < 4.78 is 143. The number of aryl methyl sites for hydroxylation is 2. The maximum Gasteiger partial charge on any atom is 0.339 e. The van der Waals surface area contributed by atoms with E-state index in [-0.39, 0.29) is 66.9 Å². The third-order valence-corrected chi connectivity index (χ3v) is 15.9. The lowest BCUT2D eigenvalue weighted by molar-refractivity contribution is 0.374. The number of rotatable bonds is 22. The van der Waals surface area contributed by atoms with Crippen molar-refractivity contribution in [3.8, 4) is 57.5 Å². The molecule has 2 atom stereocenters. The second kappa shape index (κ2) is 22.6. The number of hydrogen-bond acceptors (Lipinski definition) is 16. The van der Waals surface area contributed by atoms with Gasteiger partial charge in [0, 0.05) is 24.3 Å². The fourth-order valence-electron chi connectivity index (χ4n) is 7.35. The number of ether oxygens (including phenoxy) is 8. The lowest BCUT2D eigenvalue weighted by atomic mass is 10.1. The van der Waals surface area contributed by atoms with E-state index in [1.165, 1.54) is 142 Å². The lowest BCUT2D eigenvalue weighted by Gasteiger charge is -2.24. The van der Waals surface area contributed by atoms with Crippen LogP contribution in [0, 0.1) is 13.8 Å². The topological polar surface area (TPSA) is 195 Å². The second-order valence-corrected chi connectivity index (χ2v) is 20.8. The molecule has 0 saturated heterocycles. The molecule has 16 nitrogen and oxygen atoms in total. The Bertz CT molecular complexity index is 3000. The van der Waals surface area contributed by atoms with E-state index in [0.29, 0.717) is 22.6 Å². The summed E-state index contributed by atoms with van der Waals surface area (Å²) in [6.45, 7) is 3.60. The summed E-state index contributed by atoms with van der Waals surface area (Å²) in [5.41, 5.74) is 2.31. The van der Waals surface area contributed by atoms with Crippen molar-refractivity contribution in [2.75, 3.05) is 56.9 Å². The van der Waals surface area contributed by atoms with E-state index < -0.39 is 40.6 Å². The van der Waals surface area contributed by atoms with Crippen molar-refractivity contribution in [1.82, 2.24) is 0 Å². The maximum atomic E-state index is 16.1. The number of methoxy groups -OCH3 is 8. The van der Waals surface area contributed by atoms with Crippen molar-refractivity contribution in [2.45, 2.75) is 34.1 Å². The Morgan fingerprint density at radius 1 is 0.366 bits per heavy atom. The molecule has 0 aliphatic rings. The summed E-state index contributed by atoms with van der Waals surface area (Å²) in [4.78, 5) is -0.315. The van der Waals surface area contributed by atoms with E-state index in [9.17, 15) is 16.8 Å². The van der Waals surface area contributed by atoms with Gasteiger partial charge < -0.3 is 46.3 Å². The van der Waals surface area contributed by atoms with Gasteiger partial charge in [0.25, 0.3) is 0 Å². The van der Waals surface area contributed by atoms with Crippen LogP contribution in [0.1, 0.15) is 43.9 Å². The molecule has 0 aliphatic heterocycles. The highest BCUT2D eigenvalue weighted by Crippen LogP contribution is 2.45. The summed E-state index contributed by atoms with van der Waals surface area (Å²) in [5.74, 6) is 1.15. The van der Waals surface area contributed by atoms with Crippen molar-refractivity contribution >= 4 is 42.2 Å². The molecule has 0 fully saturated rings. The molecule has 0 saturated carbocycles. The van der Waals surface area contributed by atoms with Gasteiger partial charge in [-0.15, -0.1) is 0 Å². The minimum Gasteiger partial charge on any atom is -0.496 e. The van der Waals surface area contributed by atoms with Gasteiger partial charge in [0.15, 0.2) is 32.8 Å². The van der Waals surface area contributed by atoms with E-state index in [1.54, 1.807) is 62.4 Å². The van der Waals surface area contributed by atoms with Crippen LogP contribution >= 0.6 is 0 Å². The Morgan fingerprint density at radius 3 is 0.958 bits per heavy atom. The van der Waals surface area contributed by atoms with Crippen LogP contribution in [0.2, 0.25) is 0 Å². The average molecular weight is 1030 g/mol. The fourth-order valence-corrected chi connectivity index (χ4v) is 11.2. The fraction of sp³-hybridized carbons (Fsp3) is 0.231. The molecule has 0 bridgehead atoms. The van der Waals surface area contributed by atoms with Crippen LogP contribution in [0.3, 0.4) is 0 Å². The van der Waals surface area contributed by atoms with E-state index >= 15 is 8.42 Å². The summed E-state index contributed by atoms with van der Waals surface area (Å²) in [5, 5.41) is -3.35. The molecule has 2 unspecified atom stereocenters. The summed E-state index contributed by atoms with van der Waals surface area (Å²) in [7, 11) is -2.52. The molecule has 0 spiro atoms. The Balaban J connectivity index is 1.64. The van der Waals surface area contributed by atoms with Gasteiger partial charge in [-0.2, -0.15) is 16.8 Å². The second-order valence-electron chi connectivity index (χ2n) is 15.6. The zero-order chi connectivity index (χ0) is 51.7. The van der Waals surface area contributed by atoms with Crippen LogP contribution in [0.15, 0.2) is 131 Å². The van der Waals surface area contributed by atoms with Gasteiger partial charge in [-0.05, 0) is 85.7 Å². The van der Waals surface area contributed by atoms with Gasteiger partial charge >= 0.3 is 20.2 Å². The first-order valence-corrected chi connectivity index (χ1v) is 25.9. The van der Waals surface area contributed by atoms with Gasteiger partial charge in [-0.1, -0.05) is 59.7 Å². The third kappa shape index (κ3) is 12.0. The summed E-state index contributed by atoms with van der Waals surface area (Å²) >= 11 is 0. The van der Waals surface area contributed by atoms with Gasteiger partial charge in [0.2, 0.25) is 0 Å². The molecule has 0 N–H and O–H groups in total. The van der Waals surface area contributed by atoms with Crippen molar-refractivity contribution in [3.63, 3.8) is 0 Å². The zero-order valence-corrected chi connectivity index (χ0v) is 43.1. The normalized spacial score (nSPS) is 12.8. The Labute approximate surface area is 415 Å². The molecule has 0 radical (unpaired) electrons. The number of benzene rings is 6. The van der Waals surface area contributed by atoms with E-state index in [4.69, 9.17) is 46.3 Å². The highest BCUT2D eigenvalue weighted by molar-refractivity contribution is 7.92. The highest BCUT2D eigenvalue weighted by Gasteiger charge is 2.36. The van der Waals surface area contributed by atoms with Crippen LogP contribution in [-0.2, 0) is 30.1 Å². The standard InChI is InChI=1S/C52H54O16S3/c1-33-11-17-39(18-12-33)70(55,56)67-49-27-35(15-23-43(49)61-5)51(25-21-41-45(63-7)29-37(59-3)30-46(41)64-8)69(53,54)52(26-22-42-47(65-9)31-38(60-4)32-48(42)66-10)36-16-24-44(62-6)50(28-36)68-71(57,58)40-19-13-34(2)14-20-40/h11-32,51-52H,1-10H3/b25-21+,26-22+. The van der Waals surface area contributed by atoms with Crippen LogP contribution in [0.25, 0.3) is 12.2 Å². The van der Waals surface area contributed by atoms with Crippen LogP contribution in [-0.4, -0.2) is 82.1 Å². The lowest BCUT2D eigenvalue weighted by Crippen LogP contribution is -2.20. The zero-order valence-electron chi connectivity index (χ0n) is 40.6. The number of hydrogen-bond donors (Lipinski definition) is 0. The van der Waals surface area contributed by atoms with Gasteiger partial charge in [-0.3, -0.25) is 0 Å². The van der Waals surface area contributed by atoms with Crippen molar-refractivity contribution < 1.29 is 71.5 Å². The first kappa shape index (κ1) is 53.0. The van der Waals surface area contributed by atoms with Gasteiger partial charge in [0.1, 0.15) is 54.8 Å². The molecule has 376 valence electrons. The quantitative estimate of drug-likeness (QED) is 0.0583. The smallest absolute Gasteiger partial charge is 0.339 e. The third-order valence-electron chi connectivity index (χ3n) is 11.1. The molecule has 0 heterocycles. The van der Waals surface area contributed by atoms with Crippen LogP contribution < -0.4 is 46.3 Å². The first-order chi connectivity index (χ1) is 33.9. The molecule has 0 amide bonds. The predicted octanol–water partition coefficient (Wildman–Crippen LogP) is 9.53. The van der Waals surface area contributed by atoms with E-state index in [1.807, 2.05) is 0 Å². The maximum absolute atomic E-state index is 16.1. The van der Waals surface area contributed by atoms with Gasteiger partial charge in [-0.25, -0.2) is 8.42 Å². The van der Waals surface area contributed by atoms with Crippen molar-refractivity contribution in [3.05, 3.63) is 155 Å². The molecule has 0 aromatic heterocycles. The Kier molecular flexibility index (Phi) is 16.9. The van der Waals surface area contributed by atoms with Crippen LogP contribution in [0.4, 0.5) is 0 Å². The molecule has 6 aromatic carbocycles. The van der Waals surface area contributed by atoms with Crippen molar-refractivity contribution in [2.24, 2.45) is 0 Å². The molecule has 6 rings (SSSR count). The highest BCUT2D eigenvalue weighted by atomic mass is 32.2. The molecule has 19 heteroatoms. The summed E-state index contributed by atoms with van der Waals surface area (Å²) in [6.07, 6.45) is 5.72. The Morgan fingerprint density at radius 2 is 0.676 bits per heavy atom. The largest absolute Gasteiger partial charge is 0.496 e. The van der Waals surface area contributed by atoms with E-state index in [2.05, 4.69) is 0 Å². The minimum atomic E-state index is -4.77. The monoisotopic (exact) mass is 1030 g/mol. The molecule has 71 heavy (non-hydrogen) atoms. The first-order valence-electron chi connectivity index (χ1n) is 21.4. The summed E-state index contributed by atoms with van der Waals surface area (Å²) in [6, 6.07) is 26.5. The molecule has 6 aromatic rings. The SMILES string of the molecule is COc1cc(OC)c(/C=C/C(c2ccc(OC)c(OS(=O)(=O)c3ccc(C)cc3)c2)S(=O)(=O)C(/C=C/c2c(OC)cc(OC)cc2OC)c2ccc(OC)c(OS(=O)(=O)c3ccc(C)cc3)c2)c(OC)c1. The Hall–Kier alpha value is -7.35. The molecule has 0 aliphatic carbocycles.